The Bertz CT molecular complexity index is 589. The lowest BCUT2D eigenvalue weighted by Gasteiger charge is -2.26. The number of halogens is 3. The average Bonchev–Trinajstić information content (AvgIpc) is 2.87. The normalized spacial score (nSPS) is 18.8. The van der Waals surface area contributed by atoms with Crippen LogP contribution < -0.4 is 5.32 Å². The minimum atomic E-state index is -4.34. The van der Waals surface area contributed by atoms with Gasteiger partial charge in [0.25, 0.3) is 0 Å². The molecule has 1 aromatic carbocycles. The fourth-order valence-electron chi connectivity index (χ4n) is 2.30. The molecule has 0 saturated heterocycles. The van der Waals surface area contributed by atoms with Crippen molar-refractivity contribution in [1.82, 2.24) is 9.78 Å². The third-order valence-electron chi connectivity index (χ3n) is 3.30. The number of nitrogens with zero attached hydrogens (tertiary/aromatic N) is 2. The van der Waals surface area contributed by atoms with E-state index in [2.05, 4.69) is 10.4 Å². The van der Waals surface area contributed by atoms with Crippen LogP contribution in [0, 0.1) is 0 Å². The summed E-state index contributed by atoms with van der Waals surface area (Å²) in [6.45, 7) is 0.579. The van der Waals surface area contributed by atoms with Gasteiger partial charge in [-0.15, -0.1) is 0 Å². The molecule has 0 radical (unpaired) electrons. The Kier molecular flexibility index (Phi) is 2.73. The molecule has 0 saturated carbocycles. The SMILES string of the molecule is FC(F)(F)c1cnn(C2CNc3ccccc3C2)c1. The molecule has 0 amide bonds. The molecule has 1 aliphatic rings. The fourth-order valence-corrected chi connectivity index (χ4v) is 2.30. The van der Waals surface area contributed by atoms with Crippen molar-refractivity contribution < 1.29 is 13.2 Å². The lowest BCUT2D eigenvalue weighted by Crippen LogP contribution is -2.26. The van der Waals surface area contributed by atoms with Crippen LogP contribution in [0.3, 0.4) is 0 Å². The van der Waals surface area contributed by atoms with Gasteiger partial charge in [0.2, 0.25) is 0 Å². The van der Waals surface area contributed by atoms with E-state index in [0.29, 0.717) is 13.0 Å². The van der Waals surface area contributed by atoms with Crippen LogP contribution in [0.2, 0.25) is 0 Å². The second kappa shape index (κ2) is 4.29. The van der Waals surface area contributed by atoms with Crippen molar-refractivity contribution >= 4 is 5.69 Å². The monoisotopic (exact) mass is 267 g/mol. The zero-order valence-electron chi connectivity index (χ0n) is 9.98. The van der Waals surface area contributed by atoms with E-state index in [1.807, 2.05) is 24.3 Å². The Morgan fingerprint density at radius 3 is 2.79 bits per heavy atom. The number of para-hydroxylation sites is 1. The van der Waals surface area contributed by atoms with Gasteiger partial charge in [0.1, 0.15) is 0 Å². The molecule has 1 aliphatic heterocycles. The highest BCUT2D eigenvalue weighted by atomic mass is 19.4. The highest BCUT2D eigenvalue weighted by molar-refractivity contribution is 5.53. The van der Waals surface area contributed by atoms with Crippen LogP contribution in [0.25, 0.3) is 0 Å². The quantitative estimate of drug-likeness (QED) is 0.860. The molecule has 1 atom stereocenters. The number of hydrogen-bond acceptors (Lipinski definition) is 2. The molecule has 1 aromatic heterocycles. The van der Waals surface area contributed by atoms with Gasteiger partial charge in [0.15, 0.2) is 0 Å². The van der Waals surface area contributed by atoms with Crippen LogP contribution >= 0.6 is 0 Å². The van der Waals surface area contributed by atoms with Gasteiger partial charge in [-0.25, -0.2) is 0 Å². The number of aromatic nitrogens is 2. The van der Waals surface area contributed by atoms with Crippen LogP contribution in [0.5, 0.6) is 0 Å². The maximum absolute atomic E-state index is 12.5. The topological polar surface area (TPSA) is 29.9 Å². The summed E-state index contributed by atoms with van der Waals surface area (Å²) in [5.41, 5.74) is 1.44. The van der Waals surface area contributed by atoms with Gasteiger partial charge >= 0.3 is 6.18 Å². The molecule has 2 aromatic rings. The lowest BCUT2D eigenvalue weighted by atomic mass is 10.00. The number of hydrogen-bond donors (Lipinski definition) is 1. The Balaban J connectivity index is 1.83. The molecule has 6 heteroatoms. The number of rotatable bonds is 1. The Hall–Kier alpha value is -1.98. The minimum absolute atomic E-state index is 0.0917. The minimum Gasteiger partial charge on any atom is -0.383 e. The van der Waals surface area contributed by atoms with E-state index in [4.69, 9.17) is 0 Å². The van der Waals surface area contributed by atoms with Crippen molar-refractivity contribution in [3.8, 4) is 0 Å². The molecule has 0 spiro atoms. The zero-order chi connectivity index (χ0) is 13.5. The summed E-state index contributed by atoms with van der Waals surface area (Å²) in [4.78, 5) is 0. The van der Waals surface area contributed by atoms with Gasteiger partial charge < -0.3 is 5.32 Å². The maximum atomic E-state index is 12.5. The molecular formula is C13H12F3N3. The van der Waals surface area contributed by atoms with Gasteiger partial charge in [-0.05, 0) is 18.1 Å². The summed E-state index contributed by atoms with van der Waals surface area (Å²) in [5.74, 6) is 0. The average molecular weight is 267 g/mol. The van der Waals surface area contributed by atoms with E-state index in [0.717, 1.165) is 23.6 Å². The number of alkyl halides is 3. The predicted octanol–water partition coefficient (Wildman–Crippen LogP) is 3.11. The van der Waals surface area contributed by atoms with E-state index in [1.165, 1.54) is 4.68 Å². The Labute approximate surface area is 108 Å². The number of nitrogens with one attached hydrogen (secondary N) is 1. The summed E-state index contributed by atoms with van der Waals surface area (Å²) in [6.07, 6.45) is -1.71. The Morgan fingerprint density at radius 1 is 1.26 bits per heavy atom. The molecule has 19 heavy (non-hydrogen) atoms. The molecular weight excluding hydrogens is 255 g/mol. The van der Waals surface area contributed by atoms with Crippen LogP contribution in [0.15, 0.2) is 36.7 Å². The zero-order valence-corrected chi connectivity index (χ0v) is 9.98. The molecule has 2 heterocycles. The molecule has 0 bridgehead atoms. The molecule has 100 valence electrons. The van der Waals surface area contributed by atoms with E-state index in [1.54, 1.807) is 0 Å². The highest BCUT2D eigenvalue weighted by Crippen LogP contribution is 2.31. The van der Waals surface area contributed by atoms with Crippen molar-refractivity contribution in [3.05, 3.63) is 47.8 Å². The predicted molar refractivity (Wildman–Crippen MR) is 64.9 cm³/mol. The first kappa shape index (κ1) is 12.1. The fraction of sp³-hybridized carbons (Fsp3) is 0.308. The van der Waals surface area contributed by atoms with Crippen LogP contribution in [0.4, 0.5) is 18.9 Å². The summed E-state index contributed by atoms with van der Waals surface area (Å²) < 4.78 is 39.0. The first-order valence-electron chi connectivity index (χ1n) is 5.97. The summed E-state index contributed by atoms with van der Waals surface area (Å²) in [7, 11) is 0. The number of fused-ring (bicyclic) bond motifs is 1. The summed E-state index contributed by atoms with van der Waals surface area (Å²) >= 11 is 0. The summed E-state index contributed by atoms with van der Waals surface area (Å²) in [5, 5.41) is 7.05. The smallest absolute Gasteiger partial charge is 0.383 e. The van der Waals surface area contributed by atoms with Crippen LogP contribution in [-0.4, -0.2) is 16.3 Å². The lowest BCUT2D eigenvalue weighted by molar-refractivity contribution is -0.137. The molecule has 3 nitrogen and oxygen atoms in total. The summed E-state index contributed by atoms with van der Waals surface area (Å²) in [6, 6.07) is 7.71. The first-order chi connectivity index (χ1) is 9.04. The molecule has 0 fully saturated rings. The van der Waals surface area contributed by atoms with Crippen LogP contribution in [0.1, 0.15) is 17.2 Å². The molecule has 3 rings (SSSR count). The maximum Gasteiger partial charge on any atom is 0.419 e. The first-order valence-corrected chi connectivity index (χ1v) is 5.97. The Morgan fingerprint density at radius 2 is 2.05 bits per heavy atom. The second-order valence-electron chi connectivity index (χ2n) is 4.60. The van der Waals surface area contributed by atoms with Gasteiger partial charge in [-0.3, -0.25) is 4.68 Å². The van der Waals surface area contributed by atoms with Gasteiger partial charge in [-0.2, -0.15) is 18.3 Å². The van der Waals surface area contributed by atoms with Crippen molar-refractivity contribution in [2.24, 2.45) is 0 Å². The van der Waals surface area contributed by atoms with E-state index < -0.39 is 11.7 Å². The second-order valence-corrected chi connectivity index (χ2v) is 4.60. The van der Waals surface area contributed by atoms with Crippen molar-refractivity contribution in [2.75, 3.05) is 11.9 Å². The third-order valence-corrected chi connectivity index (χ3v) is 3.30. The molecule has 0 aliphatic carbocycles. The molecule has 1 unspecified atom stereocenters. The number of anilines is 1. The van der Waals surface area contributed by atoms with E-state index >= 15 is 0 Å². The van der Waals surface area contributed by atoms with Crippen LogP contribution in [-0.2, 0) is 12.6 Å². The molecule has 1 N–H and O–H groups in total. The van der Waals surface area contributed by atoms with Crippen molar-refractivity contribution in [3.63, 3.8) is 0 Å². The van der Waals surface area contributed by atoms with E-state index in [-0.39, 0.29) is 6.04 Å². The van der Waals surface area contributed by atoms with Crippen molar-refractivity contribution in [1.29, 1.82) is 0 Å². The van der Waals surface area contributed by atoms with Gasteiger partial charge in [-0.1, -0.05) is 18.2 Å². The highest BCUT2D eigenvalue weighted by Gasteiger charge is 2.33. The number of benzene rings is 1. The van der Waals surface area contributed by atoms with Gasteiger partial charge in [0.05, 0.1) is 17.8 Å². The largest absolute Gasteiger partial charge is 0.419 e. The van der Waals surface area contributed by atoms with Gasteiger partial charge in [0, 0.05) is 18.4 Å². The van der Waals surface area contributed by atoms with E-state index in [9.17, 15) is 13.2 Å². The third kappa shape index (κ3) is 2.30. The standard InChI is InChI=1S/C13H12F3N3/c14-13(15,16)10-6-18-19(8-10)11-5-9-3-1-2-4-12(9)17-7-11/h1-4,6,8,11,17H,5,7H2. The van der Waals surface area contributed by atoms with Crippen molar-refractivity contribution in [2.45, 2.75) is 18.6 Å².